The zero-order valence-corrected chi connectivity index (χ0v) is 20.1. The van der Waals surface area contributed by atoms with Crippen molar-refractivity contribution in [3.05, 3.63) is 42.4 Å². The molecule has 7 rings (SSSR count). The number of hydrogen-bond acceptors (Lipinski definition) is 3. The zero-order chi connectivity index (χ0) is 23.2. The minimum absolute atomic E-state index is 0.00993. The molecule has 2 aromatic rings. The molecule has 6 heteroatoms. The number of benzene rings is 1. The Kier molecular flexibility index (Phi) is 5.67. The number of rotatable bonds is 6. The highest BCUT2D eigenvalue weighted by atomic mass is 16.3. The van der Waals surface area contributed by atoms with E-state index >= 15 is 0 Å². The number of imidazole rings is 1. The van der Waals surface area contributed by atoms with Gasteiger partial charge in [-0.25, -0.2) is 9.78 Å². The van der Waals surface area contributed by atoms with Crippen molar-refractivity contribution in [2.45, 2.75) is 94.7 Å². The van der Waals surface area contributed by atoms with Crippen LogP contribution in [0.15, 0.2) is 36.8 Å². The predicted octanol–water partition coefficient (Wildman–Crippen LogP) is 5.18. The first-order valence-electron chi connectivity index (χ1n) is 13.4. The number of carbonyl (C=O) groups is 1. The average molecular weight is 463 g/mol. The summed E-state index contributed by atoms with van der Waals surface area (Å²) >= 11 is 0. The van der Waals surface area contributed by atoms with E-state index in [9.17, 15) is 9.90 Å². The highest BCUT2D eigenvalue weighted by Crippen LogP contribution is 2.56. The molecule has 2 bridgehead atoms. The van der Waals surface area contributed by atoms with Crippen molar-refractivity contribution < 1.29 is 9.90 Å². The molecule has 0 spiro atoms. The van der Waals surface area contributed by atoms with Crippen molar-refractivity contribution in [3.8, 4) is 11.3 Å². The van der Waals surface area contributed by atoms with Gasteiger partial charge >= 0.3 is 6.03 Å². The Hall–Kier alpha value is -2.34. The van der Waals surface area contributed by atoms with Crippen molar-refractivity contribution in [3.63, 3.8) is 0 Å². The first-order chi connectivity index (χ1) is 16.6. The van der Waals surface area contributed by atoms with Gasteiger partial charge in [0.05, 0.1) is 30.4 Å². The summed E-state index contributed by atoms with van der Waals surface area (Å²) in [5, 5.41) is 18.1. The van der Waals surface area contributed by atoms with Gasteiger partial charge in [-0.1, -0.05) is 43.5 Å². The molecule has 4 saturated carbocycles. The molecule has 1 aliphatic heterocycles. The largest absolute Gasteiger partial charge is 0.392 e. The summed E-state index contributed by atoms with van der Waals surface area (Å²) in [7, 11) is 0. The fourth-order valence-electron chi connectivity index (χ4n) is 7.45. The number of hydrogen-bond donors (Lipinski definition) is 3. The Balaban J connectivity index is 1.07. The van der Waals surface area contributed by atoms with E-state index < -0.39 is 0 Å². The summed E-state index contributed by atoms with van der Waals surface area (Å²) in [6, 6.07) is 8.69. The van der Waals surface area contributed by atoms with E-state index in [1.165, 1.54) is 43.2 Å². The van der Waals surface area contributed by atoms with Crippen LogP contribution in [-0.4, -0.2) is 38.9 Å². The maximum absolute atomic E-state index is 12.7. The fourth-order valence-corrected chi connectivity index (χ4v) is 7.45. The number of fused-ring (bicyclic) bond motifs is 6. The second kappa shape index (κ2) is 8.71. The number of nitrogens with zero attached hydrogens (tertiary/aromatic N) is 2. The minimum atomic E-state index is -0.350. The van der Waals surface area contributed by atoms with E-state index in [0.717, 1.165) is 57.2 Å². The van der Waals surface area contributed by atoms with Gasteiger partial charge in [0, 0.05) is 17.6 Å². The third-order valence-corrected chi connectivity index (χ3v) is 9.71. The minimum Gasteiger partial charge on any atom is -0.392 e. The van der Waals surface area contributed by atoms with Crippen LogP contribution in [0.25, 0.3) is 11.3 Å². The van der Waals surface area contributed by atoms with Gasteiger partial charge < -0.3 is 20.3 Å². The van der Waals surface area contributed by atoms with Gasteiger partial charge in [-0.05, 0) is 74.7 Å². The number of aliphatic hydroxyl groups excluding tert-OH is 1. The lowest BCUT2D eigenvalue weighted by Crippen LogP contribution is -2.60. The summed E-state index contributed by atoms with van der Waals surface area (Å²) in [5.41, 5.74) is 3.58. The zero-order valence-electron chi connectivity index (χ0n) is 20.1. The number of aliphatic hydroxyl groups is 1. The lowest BCUT2D eigenvalue weighted by Gasteiger charge is -2.55. The van der Waals surface area contributed by atoms with E-state index in [1.54, 1.807) is 0 Å². The van der Waals surface area contributed by atoms with E-state index in [-0.39, 0.29) is 29.1 Å². The lowest BCUT2D eigenvalue weighted by molar-refractivity contribution is -0.0734. The van der Waals surface area contributed by atoms with Gasteiger partial charge in [-0.15, -0.1) is 0 Å². The van der Waals surface area contributed by atoms with Crippen LogP contribution in [0.5, 0.6) is 0 Å². The standard InChI is InChI=1S/C28H38N4O2/c33-25(16-23-21-8-4-5-9-22(21)24-18-29-19-32(23)24)27-10-13-28(14-11-27,15-12-27)31-26(34)30-17-20-6-2-1-3-7-20/h4-5,8-9,18-20,23,25,33H,1-3,6-7,10-17H2,(H2,30,31,34). The summed E-state index contributed by atoms with van der Waals surface area (Å²) in [6.07, 6.45) is 16.5. The third kappa shape index (κ3) is 3.84. The SMILES string of the molecule is O=C(NCC1CCCCC1)NC12CCC(C(O)CC3c4ccccc4-c4cncn43)(CC1)CC2. The molecule has 5 aliphatic rings. The summed E-state index contributed by atoms with van der Waals surface area (Å²) < 4.78 is 2.23. The molecule has 1 aromatic carbocycles. The number of carbonyl (C=O) groups excluding carboxylic acids is 1. The van der Waals surface area contributed by atoms with Crippen molar-refractivity contribution in [2.75, 3.05) is 6.54 Å². The monoisotopic (exact) mass is 462 g/mol. The van der Waals surface area contributed by atoms with Crippen molar-refractivity contribution in [1.29, 1.82) is 0 Å². The van der Waals surface area contributed by atoms with Crippen LogP contribution in [0, 0.1) is 11.3 Å². The summed E-state index contributed by atoms with van der Waals surface area (Å²) in [6.45, 7) is 0.809. The molecule has 34 heavy (non-hydrogen) atoms. The second-order valence-electron chi connectivity index (χ2n) is 11.5. The average Bonchev–Trinajstić information content (AvgIpc) is 3.47. The fraction of sp³-hybridized carbons (Fsp3) is 0.643. The Morgan fingerprint density at radius 3 is 2.59 bits per heavy atom. The van der Waals surface area contributed by atoms with Crippen LogP contribution in [0.1, 0.15) is 88.7 Å². The molecule has 2 atom stereocenters. The number of nitrogens with one attached hydrogen (secondary N) is 2. The Morgan fingerprint density at radius 1 is 1.09 bits per heavy atom. The quantitative estimate of drug-likeness (QED) is 0.554. The van der Waals surface area contributed by atoms with Crippen LogP contribution < -0.4 is 10.6 Å². The van der Waals surface area contributed by atoms with E-state index in [4.69, 9.17) is 0 Å². The first kappa shape index (κ1) is 22.1. The Bertz CT molecular complexity index is 1020. The predicted molar refractivity (Wildman–Crippen MR) is 132 cm³/mol. The van der Waals surface area contributed by atoms with Crippen LogP contribution in [-0.2, 0) is 0 Å². The lowest BCUT2D eigenvalue weighted by atomic mass is 9.54. The number of amides is 2. The van der Waals surface area contributed by atoms with Gasteiger partial charge in [0.1, 0.15) is 0 Å². The molecule has 2 amide bonds. The van der Waals surface area contributed by atoms with Crippen molar-refractivity contribution in [1.82, 2.24) is 20.2 Å². The maximum atomic E-state index is 12.7. The van der Waals surface area contributed by atoms with Crippen LogP contribution >= 0.6 is 0 Å². The van der Waals surface area contributed by atoms with Crippen molar-refractivity contribution in [2.24, 2.45) is 11.3 Å². The highest BCUT2D eigenvalue weighted by molar-refractivity contribution is 5.75. The molecule has 182 valence electrons. The Labute approximate surface area is 202 Å². The maximum Gasteiger partial charge on any atom is 0.315 e. The molecule has 0 radical (unpaired) electrons. The van der Waals surface area contributed by atoms with Gasteiger partial charge in [0.2, 0.25) is 0 Å². The van der Waals surface area contributed by atoms with Crippen LogP contribution in [0.3, 0.4) is 0 Å². The molecular formula is C28H38N4O2. The topological polar surface area (TPSA) is 79.2 Å². The summed E-state index contributed by atoms with van der Waals surface area (Å²) in [4.78, 5) is 17.1. The molecule has 1 aromatic heterocycles. The van der Waals surface area contributed by atoms with Crippen LogP contribution in [0.2, 0.25) is 0 Å². The number of urea groups is 1. The molecule has 2 heterocycles. The summed E-state index contributed by atoms with van der Waals surface area (Å²) in [5.74, 6) is 0.647. The van der Waals surface area contributed by atoms with Crippen molar-refractivity contribution >= 4 is 6.03 Å². The van der Waals surface area contributed by atoms with Gasteiger partial charge in [-0.2, -0.15) is 0 Å². The van der Waals surface area contributed by atoms with Gasteiger partial charge in [0.15, 0.2) is 0 Å². The highest BCUT2D eigenvalue weighted by Gasteiger charge is 2.53. The third-order valence-electron chi connectivity index (χ3n) is 9.71. The van der Waals surface area contributed by atoms with Crippen LogP contribution in [0.4, 0.5) is 4.79 Å². The second-order valence-corrected chi connectivity index (χ2v) is 11.5. The molecule has 2 unspecified atom stereocenters. The number of aromatic nitrogens is 2. The van der Waals surface area contributed by atoms with Gasteiger partial charge in [-0.3, -0.25) is 0 Å². The van der Waals surface area contributed by atoms with E-state index in [1.807, 2.05) is 12.5 Å². The molecule has 3 N–H and O–H groups in total. The molecule has 6 nitrogen and oxygen atoms in total. The van der Waals surface area contributed by atoms with E-state index in [2.05, 4.69) is 44.5 Å². The first-order valence-corrected chi connectivity index (χ1v) is 13.4. The smallest absolute Gasteiger partial charge is 0.315 e. The molecule has 4 fully saturated rings. The molecule has 4 aliphatic carbocycles. The normalized spacial score (nSPS) is 31.0. The van der Waals surface area contributed by atoms with Gasteiger partial charge in [0.25, 0.3) is 0 Å². The molecular weight excluding hydrogens is 424 g/mol. The molecule has 0 saturated heterocycles. The van der Waals surface area contributed by atoms with E-state index in [0.29, 0.717) is 5.92 Å². The Morgan fingerprint density at radius 2 is 1.82 bits per heavy atom.